The van der Waals surface area contributed by atoms with E-state index in [9.17, 15) is 4.79 Å². The van der Waals surface area contributed by atoms with Crippen molar-refractivity contribution in [2.45, 2.75) is 18.6 Å². The maximum Gasteiger partial charge on any atom is 0.338 e. The monoisotopic (exact) mass is 297 g/mol. The van der Waals surface area contributed by atoms with E-state index in [4.69, 9.17) is 9.57 Å². The standard InChI is InChI=1S/C18H19NO3/c1-19-17(14-8-4-2-5-9-14)12-16(22-19)13-21-18(20)15-10-6-3-7-11-15/h2-11,16-17H,12-13H2,1H3/t16-,17+/m0/s1. The van der Waals surface area contributed by atoms with Crippen LogP contribution >= 0.6 is 0 Å². The van der Waals surface area contributed by atoms with Gasteiger partial charge in [0.05, 0.1) is 11.6 Å². The van der Waals surface area contributed by atoms with Crippen LogP contribution in [0.15, 0.2) is 60.7 Å². The summed E-state index contributed by atoms with van der Waals surface area (Å²) in [6.07, 6.45) is 0.700. The molecule has 0 unspecified atom stereocenters. The van der Waals surface area contributed by atoms with Crippen LogP contribution in [0.4, 0.5) is 0 Å². The molecule has 1 fully saturated rings. The van der Waals surface area contributed by atoms with E-state index in [1.165, 1.54) is 5.56 Å². The number of carbonyl (C=O) groups excluding carboxylic acids is 1. The fourth-order valence-electron chi connectivity index (χ4n) is 2.69. The van der Waals surface area contributed by atoms with Crippen molar-refractivity contribution in [3.63, 3.8) is 0 Å². The summed E-state index contributed by atoms with van der Waals surface area (Å²) in [4.78, 5) is 17.7. The molecular formula is C18H19NO3. The number of esters is 1. The number of carbonyl (C=O) groups is 1. The Balaban J connectivity index is 1.56. The van der Waals surface area contributed by atoms with Crippen LogP contribution in [0.1, 0.15) is 28.4 Å². The molecule has 0 aliphatic carbocycles. The van der Waals surface area contributed by atoms with Crippen molar-refractivity contribution in [1.82, 2.24) is 5.06 Å². The summed E-state index contributed by atoms with van der Waals surface area (Å²) in [5.41, 5.74) is 1.77. The Morgan fingerprint density at radius 3 is 2.45 bits per heavy atom. The molecule has 0 saturated carbocycles. The van der Waals surface area contributed by atoms with Gasteiger partial charge in [-0.3, -0.25) is 4.84 Å². The molecule has 4 nitrogen and oxygen atoms in total. The van der Waals surface area contributed by atoms with Crippen molar-refractivity contribution in [2.24, 2.45) is 0 Å². The van der Waals surface area contributed by atoms with Gasteiger partial charge >= 0.3 is 5.97 Å². The molecule has 1 aliphatic heterocycles. The highest BCUT2D eigenvalue weighted by Gasteiger charge is 2.32. The first kappa shape index (κ1) is 14.8. The van der Waals surface area contributed by atoms with Crippen LogP contribution in [-0.4, -0.2) is 30.8 Å². The van der Waals surface area contributed by atoms with Gasteiger partial charge in [0.1, 0.15) is 12.7 Å². The molecule has 0 amide bonds. The molecular weight excluding hydrogens is 278 g/mol. The Morgan fingerprint density at radius 2 is 1.77 bits per heavy atom. The van der Waals surface area contributed by atoms with Crippen LogP contribution in [0.3, 0.4) is 0 Å². The summed E-state index contributed by atoms with van der Waals surface area (Å²) in [6, 6.07) is 19.4. The highest BCUT2D eigenvalue weighted by Crippen LogP contribution is 2.32. The Kier molecular flexibility index (Phi) is 4.51. The normalized spacial score (nSPS) is 21.7. The minimum Gasteiger partial charge on any atom is -0.459 e. The molecule has 0 radical (unpaired) electrons. The summed E-state index contributed by atoms with van der Waals surface area (Å²) in [5.74, 6) is -0.310. The number of rotatable bonds is 4. The average Bonchev–Trinajstić information content (AvgIpc) is 2.95. The second-order valence-corrected chi connectivity index (χ2v) is 5.40. The molecule has 0 spiro atoms. The highest BCUT2D eigenvalue weighted by atomic mass is 16.7. The fourth-order valence-corrected chi connectivity index (χ4v) is 2.69. The van der Waals surface area contributed by atoms with Crippen molar-refractivity contribution in [3.8, 4) is 0 Å². The smallest absolute Gasteiger partial charge is 0.338 e. The summed E-state index contributed by atoms with van der Waals surface area (Å²) in [5, 5.41) is 1.84. The molecule has 0 N–H and O–H groups in total. The summed E-state index contributed by atoms with van der Waals surface area (Å²) in [6.45, 7) is 0.265. The molecule has 1 aliphatic rings. The molecule has 2 aromatic rings. The first-order valence-electron chi connectivity index (χ1n) is 7.41. The molecule has 1 saturated heterocycles. The molecule has 0 aromatic heterocycles. The van der Waals surface area contributed by atoms with Crippen molar-refractivity contribution < 1.29 is 14.4 Å². The van der Waals surface area contributed by atoms with Gasteiger partial charge < -0.3 is 4.74 Å². The first-order valence-corrected chi connectivity index (χ1v) is 7.41. The Bertz CT molecular complexity index is 615. The number of ether oxygens (including phenoxy) is 1. The molecule has 22 heavy (non-hydrogen) atoms. The third-order valence-corrected chi connectivity index (χ3v) is 3.83. The van der Waals surface area contributed by atoms with Crippen LogP contribution in [-0.2, 0) is 9.57 Å². The zero-order valence-electron chi connectivity index (χ0n) is 12.5. The van der Waals surface area contributed by atoms with Gasteiger partial charge in [0.15, 0.2) is 0 Å². The van der Waals surface area contributed by atoms with E-state index in [0.29, 0.717) is 5.56 Å². The summed E-state index contributed by atoms with van der Waals surface area (Å²) in [7, 11) is 1.91. The zero-order chi connectivity index (χ0) is 15.4. The minimum atomic E-state index is -0.310. The number of nitrogens with zero attached hydrogens (tertiary/aromatic N) is 1. The third kappa shape index (κ3) is 3.35. The molecule has 2 aromatic carbocycles. The van der Waals surface area contributed by atoms with E-state index in [2.05, 4.69) is 12.1 Å². The Labute approximate surface area is 130 Å². The SMILES string of the molecule is CN1O[C@H](COC(=O)c2ccccc2)C[C@@H]1c1ccccc1. The second kappa shape index (κ2) is 6.73. The lowest BCUT2D eigenvalue weighted by atomic mass is 10.0. The Hall–Kier alpha value is -2.17. The molecule has 2 atom stereocenters. The van der Waals surface area contributed by atoms with Gasteiger partial charge in [0, 0.05) is 13.5 Å². The van der Waals surface area contributed by atoms with Gasteiger partial charge in [-0.05, 0) is 17.7 Å². The van der Waals surface area contributed by atoms with Crippen molar-refractivity contribution in [2.75, 3.05) is 13.7 Å². The summed E-state index contributed by atoms with van der Waals surface area (Å²) >= 11 is 0. The maximum absolute atomic E-state index is 11.9. The van der Waals surface area contributed by atoms with Crippen molar-refractivity contribution in [3.05, 3.63) is 71.8 Å². The lowest BCUT2D eigenvalue weighted by molar-refractivity contribution is -0.153. The van der Waals surface area contributed by atoms with Gasteiger partial charge in [-0.25, -0.2) is 4.79 Å². The van der Waals surface area contributed by atoms with E-state index < -0.39 is 0 Å². The van der Waals surface area contributed by atoms with E-state index in [0.717, 1.165) is 6.42 Å². The predicted molar refractivity (Wildman–Crippen MR) is 83.2 cm³/mol. The van der Waals surface area contributed by atoms with E-state index in [1.54, 1.807) is 12.1 Å². The van der Waals surface area contributed by atoms with Crippen LogP contribution in [0.2, 0.25) is 0 Å². The number of hydroxylamine groups is 2. The third-order valence-electron chi connectivity index (χ3n) is 3.83. The maximum atomic E-state index is 11.9. The van der Waals surface area contributed by atoms with Crippen LogP contribution in [0.25, 0.3) is 0 Å². The molecule has 114 valence electrons. The van der Waals surface area contributed by atoms with Crippen molar-refractivity contribution >= 4 is 5.97 Å². The molecule has 0 bridgehead atoms. The van der Waals surface area contributed by atoms with Gasteiger partial charge in [-0.15, -0.1) is 0 Å². The quantitative estimate of drug-likeness (QED) is 0.812. The van der Waals surface area contributed by atoms with Crippen molar-refractivity contribution in [1.29, 1.82) is 0 Å². The molecule has 1 heterocycles. The van der Waals surface area contributed by atoms with Crippen LogP contribution in [0.5, 0.6) is 0 Å². The lowest BCUT2D eigenvalue weighted by Crippen LogP contribution is -2.20. The predicted octanol–water partition coefficient (Wildman–Crippen LogP) is 3.22. The van der Waals surface area contributed by atoms with Crippen LogP contribution in [0, 0.1) is 0 Å². The number of hydrogen-bond donors (Lipinski definition) is 0. The Morgan fingerprint density at radius 1 is 1.14 bits per heavy atom. The van der Waals surface area contributed by atoms with Gasteiger partial charge in [0.25, 0.3) is 0 Å². The molecule has 3 rings (SSSR count). The highest BCUT2D eigenvalue weighted by molar-refractivity contribution is 5.89. The molecule has 4 heteroatoms. The minimum absolute atomic E-state index is 0.108. The second-order valence-electron chi connectivity index (χ2n) is 5.40. The topological polar surface area (TPSA) is 38.8 Å². The zero-order valence-corrected chi connectivity index (χ0v) is 12.5. The number of hydrogen-bond acceptors (Lipinski definition) is 4. The summed E-state index contributed by atoms with van der Waals surface area (Å²) < 4.78 is 5.35. The average molecular weight is 297 g/mol. The van der Waals surface area contributed by atoms with E-state index in [-0.39, 0.29) is 24.7 Å². The van der Waals surface area contributed by atoms with Gasteiger partial charge in [-0.2, -0.15) is 5.06 Å². The fraction of sp³-hybridized carbons (Fsp3) is 0.278. The van der Waals surface area contributed by atoms with E-state index in [1.807, 2.05) is 48.5 Å². The first-order chi connectivity index (χ1) is 10.7. The number of benzene rings is 2. The van der Waals surface area contributed by atoms with Gasteiger partial charge in [-0.1, -0.05) is 48.5 Å². The lowest BCUT2D eigenvalue weighted by Gasteiger charge is -2.17. The van der Waals surface area contributed by atoms with Gasteiger partial charge in [0.2, 0.25) is 0 Å². The van der Waals surface area contributed by atoms with Crippen LogP contribution < -0.4 is 0 Å². The van der Waals surface area contributed by atoms with E-state index >= 15 is 0 Å². The largest absolute Gasteiger partial charge is 0.459 e.